The number of benzene rings is 2. The SMILES string of the molecule is CNC(=O)c1cnn([C@@H]2CCCN(C(=O)C(C)(c3ccccc3)c3ccccc3)CC2)c1. The number of hydrogen-bond acceptors (Lipinski definition) is 3. The van der Waals surface area contributed by atoms with Gasteiger partial charge in [-0.25, -0.2) is 0 Å². The first kappa shape index (κ1) is 21.8. The standard InChI is InChI=1S/C26H30N4O2/c1-26(21-10-5-3-6-11-21,22-12-7-4-8-13-22)25(32)29-16-9-14-23(15-17-29)30-19-20(18-28-30)24(31)27-2/h3-8,10-13,18-19,23H,9,14-17H2,1-2H3,(H,27,31)/t23-/m1/s1. The van der Waals surface area contributed by atoms with Crippen molar-refractivity contribution in [2.45, 2.75) is 37.6 Å². The van der Waals surface area contributed by atoms with Crippen LogP contribution in [0, 0.1) is 0 Å². The van der Waals surface area contributed by atoms with Crippen LogP contribution in [0.1, 0.15) is 53.7 Å². The Labute approximate surface area is 189 Å². The van der Waals surface area contributed by atoms with Crippen molar-refractivity contribution in [1.82, 2.24) is 20.0 Å². The van der Waals surface area contributed by atoms with Crippen LogP contribution in [0.4, 0.5) is 0 Å². The number of nitrogens with one attached hydrogen (secondary N) is 1. The van der Waals surface area contributed by atoms with Gasteiger partial charge in [-0.3, -0.25) is 14.3 Å². The Bertz CT molecular complexity index is 1020. The van der Waals surface area contributed by atoms with E-state index in [1.807, 2.05) is 77.2 Å². The maximum atomic E-state index is 14.0. The highest BCUT2D eigenvalue weighted by Gasteiger charge is 2.40. The van der Waals surface area contributed by atoms with Crippen molar-refractivity contribution in [3.05, 3.63) is 89.7 Å². The molecule has 1 saturated heterocycles. The molecule has 6 nitrogen and oxygen atoms in total. The van der Waals surface area contributed by atoms with Gasteiger partial charge in [-0.1, -0.05) is 60.7 Å². The van der Waals surface area contributed by atoms with Crippen LogP contribution >= 0.6 is 0 Å². The molecular formula is C26H30N4O2. The van der Waals surface area contributed by atoms with Crippen LogP contribution in [0.3, 0.4) is 0 Å². The summed E-state index contributed by atoms with van der Waals surface area (Å²) in [6, 6.07) is 20.2. The number of nitrogens with zero attached hydrogens (tertiary/aromatic N) is 3. The third-order valence-corrected chi connectivity index (χ3v) is 6.58. The van der Waals surface area contributed by atoms with E-state index in [2.05, 4.69) is 10.4 Å². The number of carbonyl (C=O) groups excluding carboxylic acids is 2. The molecule has 0 radical (unpaired) electrons. The molecule has 1 aliphatic heterocycles. The van der Waals surface area contributed by atoms with Crippen molar-refractivity contribution in [2.75, 3.05) is 20.1 Å². The monoisotopic (exact) mass is 430 g/mol. The molecule has 0 saturated carbocycles. The molecule has 0 spiro atoms. The highest BCUT2D eigenvalue weighted by Crippen LogP contribution is 2.35. The predicted molar refractivity (Wildman–Crippen MR) is 124 cm³/mol. The topological polar surface area (TPSA) is 67.2 Å². The van der Waals surface area contributed by atoms with E-state index in [0.29, 0.717) is 18.7 Å². The van der Waals surface area contributed by atoms with E-state index in [4.69, 9.17) is 0 Å². The van der Waals surface area contributed by atoms with E-state index < -0.39 is 5.41 Å². The fraction of sp³-hybridized carbons (Fsp3) is 0.346. The molecule has 0 aliphatic carbocycles. The Hall–Kier alpha value is -3.41. The Morgan fingerprint density at radius 1 is 0.969 bits per heavy atom. The van der Waals surface area contributed by atoms with Gasteiger partial charge in [0.05, 0.1) is 23.2 Å². The molecule has 1 N–H and O–H groups in total. The minimum absolute atomic E-state index is 0.127. The minimum Gasteiger partial charge on any atom is -0.355 e. The summed E-state index contributed by atoms with van der Waals surface area (Å²) in [6.45, 7) is 3.41. The Morgan fingerprint density at radius 2 is 1.59 bits per heavy atom. The fourth-order valence-corrected chi connectivity index (χ4v) is 4.62. The molecule has 3 aromatic rings. The van der Waals surface area contributed by atoms with Crippen LogP contribution in [-0.4, -0.2) is 46.6 Å². The van der Waals surface area contributed by atoms with Crippen LogP contribution in [0.15, 0.2) is 73.1 Å². The number of hydrogen-bond donors (Lipinski definition) is 1. The highest BCUT2D eigenvalue weighted by atomic mass is 16.2. The first-order valence-electron chi connectivity index (χ1n) is 11.2. The fourth-order valence-electron chi connectivity index (χ4n) is 4.62. The lowest BCUT2D eigenvalue weighted by atomic mass is 9.75. The van der Waals surface area contributed by atoms with Gasteiger partial charge < -0.3 is 10.2 Å². The van der Waals surface area contributed by atoms with E-state index >= 15 is 0 Å². The zero-order valence-electron chi connectivity index (χ0n) is 18.7. The molecule has 1 aromatic heterocycles. The second-order valence-electron chi connectivity index (χ2n) is 8.52. The Kier molecular flexibility index (Phi) is 6.40. The zero-order valence-corrected chi connectivity index (χ0v) is 18.7. The molecule has 2 aromatic carbocycles. The largest absolute Gasteiger partial charge is 0.355 e. The summed E-state index contributed by atoms with van der Waals surface area (Å²) in [5.41, 5.74) is 1.81. The van der Waals surface area contributed by atoms with Gasteiger partial charge in [0, 0.05) is 26.3 Å². The van der Waals surface area contributed by atoms with Crippen molar-refractivity contribution in [3.8, 4) is 0 Å². The smallest absolute Gasteiger partial charge is 0.254 e. The number of rotatable bonds is 5. The van der Waals surface area contributed by atoms with Gasteiger partial charge in [-0.05, 0) is 37.3 Å². The summed E-state index contributed by atoms with van der Waals surface area (Å²) in [4.78, 5) is 27.9. The van der Waals surface area contributed by atoms with E-state index in [0.717, 1.165) is 30.4 Å². The molecule has 32 heavy (non-hydrogen) atoms. The van der Waals surface area contributed by atoms with Crippen LogP contribution in [0.2, 0.25) is 0 Å². The van der Waals surface area contributed by atoms with E-state index in [1.165, 1.54) is 0 Å². The number of likely N-dealkylation sites (tertiary alicyclic amines) is 1. The normalized spacial score (nSPS) is 16.9. The molecule has 2 heterocycles. The van der Waals surface area contributed by atoms with Crippen LogP contribution < -0.4 is 5.32 Å². The average molecular weight is 431 g/mol. The molecular weight excluding hydrogens is 400 g/mol. The second-order valence-corrected chi connectivity index (χ2v) is 8.52. The summed E-state index contributed by atoms with van der Waals surface area (Å²) in [7, 11) is 1.62. The maximum absolute atomic E-state index is 14.0. The van der Waals surface area contributed by atoms with Gasteiger partial charge in [0.1, 0.15) is 0 Å². The van der Waals surface area contributed by atoms with Crippen molar-refractivity contribution >= 4 is 11.8 Å². The summed E-state index contributed by atoms with van der Waals surface area (Å²) in [5.74, 6) is -0.00905. The second kappa shape index (κ2) is 9.39. The van der Waals surface area contributed by atoms with Gasteiger partial charge in [0.2, 0.25) is 5.91 Å². The summed E-state index contributed by atoms with van der Waals surface area (Å²) >= 11 is 0. The lowest BCUT2D eigenvalue weighted by molar-refractivity contribution is -0.135. The average Bonchev–Trinajstić information content (AvgIpc) is 3.22. The maximum Gasteiger partial charge on any atom is 0.254 e. The quantitative estimate of drug-likeness (QED) is 0.669. The van der Waals surface area contributed by atoms with E-state index in [-0.39, 0.29) is 17.9 Å². The van der Waals surface area contributed by atoms with Gasteiger partial charge in [-0.15, -0.1) is 0 Å². The lowest BCUT2D eigenvalue weighted by Crippen LogP contribution is -2.46. The third kappa shape index (κ3) is 4.17. The van der Waals surface area contributed by atoms with Crippen LogP contribution in [-0.2, 0) is 10.2 Å². The molecule has 1 atom stereocenters. The third-order valence-electron chi connectivity index (χ3n) is 6.58. The molecule has 0 bridgehead atoms. The predicted octanol–water partition coefficient (Wildman–Crippen LogP) is 3.80. The van der Waals surface area contributed by atoms with E-state index in [9.17, 15) is 9.59 Å². The number of aromatic nitrogens is 2. The molecule has 166 valence electrons. The Morgan fingerprint density at radius 3 is 2.19 bits per heavy atom. The highest BCUT2D eigenvalue weighted by molar-refractivity contribution is 5.93. The van der Waals surface area contributed by atoms with Gasteiger partial charge in [0.15, 0.2) is 0 Å². The van der Waals surface area contributed by atoms with Gasteiger partial charge >= 0.3 is 0 Å². The molecule has 4 rings (SSSR count). The summed E-state index contributed by atoms with van der Waals surface area (Å²) in [6.07, 6.45) is 6.03. The summed E-state index contributed by atoms with van der Waals surface area (Å²) < 4.78 is 1.88. The van der Waals surface area contributed by atoms with Crippen molar-refractivity contribution in [2.24, 2.45) is 0 Å². The first-order valence-corrected chi connectivity index (χ1v) is 11.2. The molecule has 6 heteroatoms. The first-order chi connectivity index (χ1) is 15.5. The Balaban J connectivity index is 1.57. The van der Waals surface area contributed by atoms with Crippen molar-refractivity contribution in [3.63, 3.8) is 0 Å². The minimum atomic E-state index is -0.750. The van der Waals surface area contributed by atoms with Crippen LogP contribution in [0.5, 0.6) is 0 Å². The van der Waals surface area contributed by atoms with Crippen molar-refractivity contribution in [1.29, 1.82) is 0 Å². The number of carbonyl (C=O) groups is 2. The van der Waals surface area contributed by atoms with Gasteiger partial charge in [-0.2, -0.15) is 5.10 Å². The lowest BCUT2D eigenvalue weighted by Gasteiger charge is -2.35. The van der Waals surface area contributed by atoms with E-state index in [1.54, 1.807) is 19.4 Å². The van der Waals surface area contributed by atoms with Gasteiger partial charge in [0.25, 0.3) is 5.91 Å². The number of amides is 2. The summed E-state index contributed by atoms with van der Waals surface area (Å²) in [5, 5.41) is 7.05. The molecule has 2 amide bonds. The zero-order chi connectivity index (χ0) is 22.6. The molecule has 0 unspecified atom stereocenters. The van der Waals surface area contributed by atoms with Crippen LogP contribution in [0.25, 0.3) is 0 Å². The molecule has 1 aliphatic rings. The van der Waals surface area contributed by atoms with Crippen molar-refractivity contribution < 1.29 is 9.59 Å². The molecule has 1 fully saturated rings.